The standard InChI is InChI=1S/C11H21N5O/c1-2-16-11(13-8-14-16)6-10(15-12)9-4-3-5-17-7-9/h8-10,15H,2-7,12H2,1H3. The van der Waals surface area contributed by atoms with Crippen LogP contribution in [-0.4, -0.2) is 34.0 Å². The van der Waals surface area contributed by atoms with Crippen LogP contribution >= 0.6 is 0 Å². The van der Waals surface area contributed by atoms with E-state index in [0.717, 1.165) is 44.8 Å². The maximum Gasteiger partial charge on any atom is 0.138 e. The number of nitrogens with two attached hydrogens (primary N) is 1. The van der Waals surface area contributed by atoms with Crippen molar-refractivity contribution >= 4 is 0 Å². The minimum atomic E-state index is 0.213. The van der Waals surface area contributed by atoms with Crippen LogP contribution in [0.15, 0.2) is 6.33 Å². The summed E-state index contributed by atoms with van der Waals surface area (Å²) in [5.41, 5.74) is 2.90. The fraction of sp³-hybridized carbons (Fsp3) is 0.818. The quantitative estimate of drug-likeness (QED) is 0.563. The Balaban J connectivity index is 1.98. The van der Waals surface area contributed by atoms with Gasteiger partial charge in [-0.2, -0.15) is 5.10 Å². The lowest BCUT2D eigenvalue weighted by Gasteiger charge is -2.29. The molecule has 1 aromatic rings. The molecule has 0 radical (unpaired) electrons. The van der Waals surface area contributed by atoms with E-state index in [0.29, 0.717) is 5.92 Å². The largest absolute Gasteiger partial charge is 0.381 e. The van der Waals surface area contributed by atoms with Crippen LogP contribution in [0, 0.1) is 5.92 Å². The predicted octanol–water partition coefficient (Wildman–Crippen LogP) is 0.0990. The Morgan fingerprint density at radius 2 is 2.59 bits per heavy atom. The summed E-state index contributed by atoms with van der Waals surface area (Å²) < 4.78 is 7.41. The monoisotopic (exact) mass is 239 g/mol. The number of rotatable bonds is 5. The molecule has 0 aromatic carbocycles. The molecule has 96 valence electrons. The van der Waals surface area contributed by atoms with E-state index < -0.39 is 0 Å². The van der Waals surface area contributed by atoms with Crippen molar-refractivity contribution in [3.05, 3.63) is 12.2 Å². The summed E-state index contributed by atoms with van der Waals surface area (Å²) in [7, 11) is 0. The van der Waals surface area contributed by atoms with Crippen molar-refractivity contribution in [2.75, 3.05) is 13.2 Å². The Hall–Kier alpha value is -0.980. The van der Waals surface area contributed by atoms with Gasteiger partial charge in [-0.1, -0.05) is 0 Å². The van der Waals surface area contributed by atoms with E-state index in [4.69, 9.17) is 10.6 Å². The van der Waals surface area contributed by atoms with Gasteiger partial charge in [0, 0.05) is 25.6 Å². The van der Waals surface area contributed by atoms with Crippen LogP contribution in [0.1, 0.15) is 25.6 Å². The van der Waals surface area contributed by atoms with Gasteiger partial charge in [-0.25, -0.2) is 4.98 Å². The zero-order valence-corrected chi connectivity index (χ0v) is 10.3. The third-order valence-electron chi connectivity index (χ3n) is 3.38. The maximum atomic E-state index is 5.65. The average molecular weight is 239 g/mol. The summed E-state index contributed by atoms with van der Waals surface area (Å²) in [6.45, 7) is 4.56. The van der Waals surface area contributed by atoms with Crippen LogP contribution in [0.25, 0.3) is 0 Å². The first-order valence-electron chi connectivity index (χ1n) is 6.25. The van der Waals surface area contributed by atoms with Gasteiger partial charge in [0.1, 0.15) is 12.2 Å². The van der Waals surface area contributed by atoms with Gasteiger partial charge in [-0.3, -0.25) is 16.0 Å². The molecule has 6 heteroatoms. The molecule has 3 N–H and O–H groups in total. The van der Waals surface area contributed by atoms with Crippen LogP contribution in [0.5, 0.6) is 0 Å². The molecular weight excluding hydrogens is 218 g/mol. The van der Waals surface area contributed by atoms with Crippen molar-refractivity contribution in [2.24, 2.45) is 11.8 Å². The summed E-state index contributed by atoms with van der Waals surface area (Å²) in [6.07, 6.45) is 4.68. The molecule has 6 nitrogen and oxygen atoms in total. The van der Waals surface area contributed by atoms with Crippen LogP contribution in [0.3, 0.4) is 0 Å². The second kappa shape index (κ2) is 6.09. The number of aryl methyl sites for hydroxylation is 1. The molecular formula is C11H21N5O. The van der Waals surface area contributed by atoms with Crippen molar-refractivity contribution in [1.82, 2.24) is 20.2 Å². The Morgan fingerprint density at radius 3 is 3.24 bits per heavy atom. The molecule has 0 amide bonds. The Labute approximate surface area is 102 Å². The number of hydrogen-bond donors (Lipinski definition) is 2. The molecule has 0 bridgehead atoms. The molecule has 2 heterocycles. The van der Waals surface area contributed by atoms with Crippen molar-refractivity contribution in [3.8, 4) is 0 Å². The zero-order valence-electron chi connectivity index (χ0n) is 10.3. The van der Waals surface area contributed by atoms with E-state index in [1.165, 1.54) is 0 Å². The summed E-state index contributed by atoms with van der Waals surface area (Å²) in [5, 5.41) is 4.17. The highest BCUT2D eigenvalue weighted by Gasteiger charge is 2.24. The van der Waals surface area contributed by atoms with E-state index in [-0.39, 0.29) is 6.04 Å². The first-order valence-corrected chi connectivity index (χ1v) is 6.25. The average Bonchev–Trinajstić information content (AvgIpc) is 2.84. The lowest BCUT2D eigenvalue weighted by molar-refractivity contribution is 0.0389. The van der Waals surface area contributed by atoms with Crippen molar-refractivity contribution in [3.63, 3.8) is 0 Å². The molecule has 1 saturated heterocycles. The van der Waals surface area contributed by atoms with Crippen LogP contribution in [-0.2, 0) is 17.7 Å². The van der Waals surface area contributed by atoms with Crippen LogP contribution in [0.2, 0.25) is 0 Å². The topological polar surface area (TPSA) is 78.0 Å². The zero-order chi connectivity index (χ0) is 12.1. The SMILES string of the molecule is CCn1ncnc1CC(NN)C1CCCOC1. The molecule has 1 aliphatic heterocycles. The van der Waals surface area contributed by atoms with Gasteiger partial charge in [-0.15, -0.1) is 0 Å². The Kier molecular flexibility index (Phi) is 4.47. The fourth-order valence-corrected chi connectivity index (χ4v) is 2.35. The number of hydrazine groups is 1. The smallest absolute Gasteiger partial charge is 0.138 e. The second-order valence-electron chi connectivity index (χ2n) is 4.45. The van der Waals surface area contributed by atoms with Crippen LogP contribution < -0.4 is 11.3 Å². The summed E-state index contributed by atoms with van der Waals surface area (Å²) in [4.78, 5) is 4.29. The van der Waals surface area contributed by atoms with Gasteiger partial charge in [-0.05, 0) is 25.7 Å². The van der Waals surface area contributed by atoms with Gasteiger partial charge in [0.2, 0.25) is 0 Å². The molecule has 2 unspecified atom stereocenters. The molecule has 2 atom stereocenters. The number of hydrogen-bond acceptors (Lipinski definition) is 5. The normalized spacial score (nSPS) is 22.6. The van der Waals surface area contributed by atoms with Crippen molar-refractivity contribution < 1.29 is 4.74 Å². The first-order chi connectivity index (χ1) is 8.35. The lowest BCUT2D eigenvalue weighted by Crippen LogP contribution is -2.45. The van der Waals surface area contributed by atoms with Crippen LogP contribution in [0.4, 0.5) is 0 Å². The lowest BCUT2D eigenvalue weighted by atomic mass is 9.92. The summed E-state index contributed by atoms with van der Waals surface area (Å²) >= 11 is 0. The summed E-state index contributed by atoms with van der Waals surface area (Å²) in [5.74, 6) is 7.10. The highest BCUT2D eigenvalue weighted by atomic mass is 16.5. The fourth-order valence-electron chi connectivity index (χ4n) is 2.35. The molecule has 1 fully saturated rings. The van der Waals surface area contributed by atoms with E-state index >= 15 is 0 Å². The van der Waals surface area contributed by atoms with E-state index in [2.05, 4.69) is 22.4 Å². The van der Waals surface area contributed by atoms with Gasteiger partial charge >= 0.3 is 0 Å². The molecule has 0 saturated carbocycles. The molecule has 1 aliphatic rings. The van der Waals surface area contributed by atoms with Gasteiger partial charge in [0.25, 0.3) is 0 Å². The Morgan fingerprint density at radius 1 is 1.71 bits per heavy atom. The van der Waals surface area contributed by atoms with Gasteiger partial charge < -0.3 is 4.74 Å². The predicted molar refractivity (Wildman–Crippen MR) is 64.1 cm³/mol. The third kappa shape index (κ3) is 3.02. The van der Waals surface area contributed by atoms with Gasteiger partial charge in [0.15, 0.2) is 0 Å². The molecule has 0 aliphatic carbocycles. The van der Waals surface area contributed by atoms with E-state index in [1.54, 1.807) is 6.33 Å². The molecule has 1 aromatic heterocycles. The molecule has 17 heavy (non-hydrogen) atoms. The Bertz CT molecular complexity index is 334. The minimum Gasteiger partial charge on any atom is -0.381 e. The third-order valence-corrected chi connectivity index (χ3v) is 3.38. The number of aromatic nitrogens is 3. The highest BCUT2D eigenvalue weighted by molar-refractivity contribution is 4.92. The second-order valence-corrected chi connectivity index (χ2v) is 4.45. The number of ether oxygens (including phenoxy) is 1. The van der Waals surface area contributed by atoms with E-state index in [9.17, 15) is 0 Å². The highest BCUT2D eigenvalue weighted by Crippen LogP contribution is 2.19. The van der Waals surface area contributed by atoms with Crippen molar-refractivity contribution in [1.29, 1.82) is 0 Å². The van der Waals surface area contributed by atoms with Gasteiger partial charge in [0.05, 0.1) is 6.61 Å². The number of nitrogens with one attached hydrogen (secondary N) is 1. The molecule has 0 spiro atoms. The minimum absolute atomic E-state index is 0.213. The molecule has 2 rings (SSSR count). The summed E-state index contributed by atoms with van der Waals surface area (Å²) in [6, 6.07) is 0.213. The maximum absolute atomic E-state index is 5.65. The number of nitrogens with zero attached hydrogens (tertiary/aromatic N) is 3. The van der Waals surface area contributed by atoms with Crippen molar-refractivity contribution in [2.45, 2.75) is 38.8 Å². The first kappa shape index (κ1) is 12.5. The van der Waals surface area contributed by atoms with E-state index in [1.807, 2.05) is 4.68 Å².